The van der Waals surface area contributed by atoms with Gasteiger partial charge in [0.05, 0.1) is 12.5 Å². The molecule has 1 aliphatic rings. The topological polar surface area (TPSA) is 22.1 Å². The third-order valence-electron chi connectivity index (χ3n) is 2.27. The maximum absolute atomic E-state index is 12.5. The molecule has 4 heteroatoms. The molecule has 2 rings (SSSR count). The predicted octanol–water partition coefficient (Wildman–Crippen LogP) is 2.42. The van der Waals surface area contributed by atoms with Crippen molar-refractivity contribution < 1.29 is 13.5 Å². The monoisotopic (exact) mass is 199 g/mol. The minimum Gasteiger partial charge on any atom is -0.477 e. The molecule has 0 aromatic carbocycles. The molecule has 1 atom stereocenters. The molecule has 1 aromatic rings. The minimum atomic E-state index is -2.51. The lowest BCUT2D eigenvalue weighted by molar-refractivity contribution is 0.0849. The molecule has 1 unspecified atom stereocenters. The summed E-state index contributed by atoms with van der Waals surface area (Å²) in [6.45, 7) is 1.97. The molecule has 0 N–H and O–H groups in total. The van der Waals surface area contributed by atoms with Gasteiger partial charge in [0.2, 0.25) is 5.88 Å². The van der Waals surface area contributed by atoms with Gasteiger partial charge in [-0.25, -0.2) is 13.8 Å². The highest BCUT2D eigenvalue weighted by Gasteiger charge is 2.57. The first kappa shape index (κ1) is 9.37. The SMILES string of the molecule is Cc1ccc(OCC2CC2(F)F)nc1. The summed E-state index contributed by atoms with van der Waals surface area (Å²) < 4.78 is 30.1. The van der Waals surface area contributed by atoms with Crippen LogP contribution in [0.5, 0.6) is 5.88 Å². The fraction of sp³-hybridized carbons (Fsp3) is 0.500. The third-order valence-corrected chi connectivity index (χ3v) is 2.27. The second-order valence-electron chi connectivity index (χ2n) is 3.65. The van der Waals surface area contributed by atoms with E-state index < -0.39 is 11.8 Å². The van der Waals surface area contributed by atoms with E-state index in [1.165, 1.54) is 0 Å². The van der Waals surface area contributed by atoms with Crippen molar-refractivity contribution in [3.8, 4) is 5.88 Å². The molecule has 0 bridgehead atoms. The summed E-state index contributed by atoms with van der Waals surface area (Å²) in [6, 6.07) is 3.53. The number of aromatic nitrogens is 1. The normalized spacial score (nSPS) is 23.2. The Morgan fingerprint density at radius 3 is 2.79 bits per heavy atom. The zero-order valence-corrected chi connectivity index (χ0v) is 7.84. The van der Waals surface area contributed by atoms with Crippen molar-refractivity contribution in [2.24, 2.45) is 5.92 Å². The van der Waals surface area contributed by atoms with E-state index in [1.54, 1.807) is 12.3 Å². The molecule has 0 radical (unpaired) electrons. The smallest absolute Gasteiger partial charge is 0.255 e. The van der Waals surface area contributed by atoms with Gasteiger partial charge >= 0.3 is 0 Å². The van der Waals surface area contributed by atoms with Crippen molar-refractivity contribution in [1.29, 1.82) is 0 Å². The molecule has 1 fully saturated rings. The Labute approximate surface area is 80.9 Å². The summed E-state index contributed by atoms with van der Waals surface area (Å²) >= 11 is 0. The highest BCUT2D eigenvalue weighted by Crippen LogP contribution is 2.48. The van der Waals surface area contributed by atoms with Gasteiger partial charge in [-0.15, -0.1) is 0 Å². The van der Waals surface area contributed by atoms with Gasteiger partial charge < -0.3 is 4.74 Å². The van der Waals surface area contributed by atoms with E-state index in [-0.39, 0.29) is 13.0 Å². The highest BCUT2D eigenvalue weighted by atomic mass is 19.3. The summed E-state index contributed by atoms with van der Waals surface area (Å²) in [7, 11) is 0. The highest BCUT2D eigenvalue weighted by molar-refractivity contribution is 5.16. The van der Waals surface area contributed by atoms with Crippen LogP contribution in [0.25, 0.3) is 0 Å². The molecule has 0 aliphatic heterocycles. The fourth-order valence-corrected chi connectivity index (χ4v) is 1.18. The van der Waals surface area contributed by atoms with Crippen LogP contribution in [0.15, 0.2) is 18.3 Å². The van der Waals surface area contributed by atoms with Crippen LogP contribution in [0, 0.1) is 12.8 Å². The first-order chi connectivity index (χ1) is 6.58. The molecule has 1 aromatic heterocycles. The second kappa shape index (κ2) is 3.19. The quantitative estimate of drug-likeness (QED) is 0.745. The zero-order chi connectivity index (χ0) is 10.2. The van der Waals surface area contributed by atoms with Gasteiger partial charge in [-0.2, -0.15) is 0 Å². The number of alkyl halides is 2. The number of halogens is 2. The maximum atomic E-state index is 12.5. The third kappa shape index (κ3) is 2.00. The Bertz CT molecular complexity index is 323. The van der Waals surface area contributed by atoms with Crippen LogP contribution in [0.3, 0.4) is 0 Å². The molecule has 0 saturated heterocycles. The van der Waals surface area contributed by atoms with E-state index in [0.717, 1.165) is 5.56 Å². The van der Waals surface area contributed by atoms with E-state index >= 15 is 0 Å². The van der Waals surface area contributed by atoms with Crippen molar-refractivity contribution in [1.82, 2.24) is 4.98 Å². The average Bonchev–Trinajstić information content (AvgIpc) is 2.73. The van der Waals surface area contributed by atoms with Gasteiger partial charge in [0.1, 0.15) is 0 Å². The Balaban J connectivity index is 1.84. The number of nitrogens with zero attached hydrogens (tertiary/aromatic N) is 1. The van der Waals surface area contributed by atoms with Gasteiger partial charge in [0, 0.05) is 18.7 Å². The van der Waals surface area contributed by atoms with Crippen LogP contribution in [0.4, 0.5) is 8.78 Å². The van der Waals surface area contributed by atoms with Crippen molar-refractivity contribution in [2.45, 2.75) is 19.3 Å². The first-order valence-corrected chi connectivity index (χ1v) is 4.51. The van der Waals surface area contributed by atoms with Crippen molar-refractivity contribution >= 4 is 0 Å². The average molecular weight is 199 g/mol. The summed E-state index contributed by atoms with van der Waals surface area (Å²) in [5.41, 5.74) is 1.02. The van der Waals surface area contributed by atoms with E-state index in [9.17, 15) is 8.78 Å². The lowest BCUT2D eigenvalue weighted by Gasteiger charge is -2.03. The van der Waals surface area contributed by atoms with E-state index in [2.05, 4.69) is 4.98 Å². The number of rotatable bonds is 3. The lowest BCUT2D eigenvalue weighted by atomic mass is 10.3. The number of hydrogen-bond donors (Lipinski definition) is 0. The van der Waals surface area contributed by atoms with Crippen LogP contribution < -0.4 is 4.74 Å². The minimum absolute atomic E-state index is 0.0567. The van der Waals surface area contributed by atoms with Crippen molar-refractivity contribution in [2.75, 3.05) is 6.61 Å². The van der Waals surface area contributed by atoms with Crippen molar-refractivity contribution in [3.05, 3.63) is 23.9 Å². The van der Waals surface area contributed by atoms with E-state index in [0.29, 0.717) is 5.88 Å². The lowest BCUT2D eigenvalue weighted by Crippen LogP contribution is -2.06. The van der Waals surface area contributed by atoms with Crippen LogP contribution in [0.2, 0.25) is 0 Å². The summed E-state index contributed by atoms with van der Waals surface area (Å²) in [6.07, 6.45) is 1.60. The zero-order valence-electron chi connectivity index (χ0n) is 7.84. The number of ether oxygens (including phenoxy) is 1. The maximum Gasteiger partial charge on any atom is 0.255 e. The van der Waals surface area contributed by atoms with Gasteiger partial charge in [-0.05, 0) is 12.5 Å². The Morgan fingerprint density at radius 2 is 2.29 bits per heavy atom. The fourth-order valence-electron chi connectivity index (χ4n) is 1.18. The molecule has 14 heavy (non-hydrogen) atoms. The molecule has 76 valence electrons. The Kier molecular flexibility index (Phi) is 2.13. The molecule has 1 saturated carbocycles. The first-order valence-electron chi connectivity index (χ1n) is 4.51. The Morgan fingerprint density at radius 1 is 1.57 bits per heavy atom. The molecular formula is C10H11F2NO. The molecule has 0 spiro atoms. The van der Waals surface area contributed by atoms with Gasteiger partial charge in [0.25, 0.3) is 5.92 Å². The van der Waals surface area contributed by atoms with Crippen LogP contribution in [-0.2, 0) is 0 Å². The molecule has 1 aliphatic carbocycles. The summed E-state index contributed by atoms with van der Waals surface area (Å²) in [4.78, 5) is 3.96. The standard InChI is InChI=1S/C10H11F2NO/c1-7-2-3-9(13-5-7)14-6-8-4-10(8,11)12/h2-3,5,8H,4,6H2,1H3. The van der Waals surface area contributed by atoms with Crippen LogP contribution >= 0.6 is 0 Å². The Hall–Kier alpha value is -1.19. The second-order valence-corrected chi connectivity index (χ2v) is 3.65. The van der Waals surface area contributed by atoms with Crippen molar-refractivity contribution in [3.63, 3.8) is 0 Å². The molecular weight excluding hydrogens is 188 g/mol. The molecule has 0 amide bonds. The van der Waals surface area contributed by atoms with Crippen LogP contribution in [0.1, 0.15) is 12.0 Å². The van der Waals surface area contributed by atoms with Crippen LogP contribution in [-0.4, -0.2) is 17.5 Å². The predicted molar refractivity (Wildman–Crippen MR) is 47.5 cm³/mol. The number of aryl methyl sites for hydroxylation is 1. The van der Waals surface area contributed by atoms with Gasteiger partial charge in [0.15, 0.2) is 0 Å². The summed E-state index contributed by atoms with van der Waals surface area (Å²) in [5.74, 6) is -2.71. The molecule has 1 heterocycles. The van der Waals surface area contributed by atoms with E-state index in [4.69, 9.17) is 4.74 Å². The van der Waals surface area contributed by atoms with E-state index in [1.807, 2.05) is 13.0 Å². The largest absolute Gasteiger partial charge is 0.477 e. The molecule has 2 nitrogen and oxygen atoms in total. The van der Waals surface area contributed by atoms with Gasteiger partial charge in [-0.3, -0.25) is 0 Å². The number of hydrogen-bond acceptors (Lipinski definition) is 2. The summed E-state index contributed by atoms with van der Waals surface area (Å²) in [5, 5.41) is 0. The number of pyridine rings is 1. The van der Waals surface area contributed by atoms with Gasteiger partial charge in [-0.1, -0.05) is 6.07 Å².